The molecule has 106 valence electrons. The van der Waals surface area contributed by atoms with Crippen molar-refractivity contribution in [3.8, 4) is 0 Å². The van der Waals surface area contributed by atoms with E-state index in [1.54, 1.807) is 11.2 Å². The Balaban J connectivity index is 1.87. The van der Waals surface area contributed by atoms with Crippen LogP contribution in [-0.2, 0) is 4.74 Å². The molecule has 1 aliphatic rings. The molecule has 0 unspecified atom stereocenters. The summed E-state index contributed by atoms with van der Waals surface area (Å²) in [7, 11) is 0. The van der Waals surface area contributed by atoms with Crippen molar-refractivity contribution in [1.29, 1.82) is 0 Å². The van der Waals surface area contributed by atoms with Crippen LogP contribution in [0.1, 0.15) is 45.2 Å². The number of carbonyl (C=O) groups is 1. The van der Waals surface area contributed by atoms with Crippen LogP contribution >= 0.6 is 0 Å². The van der Waals surface area contributed by atoms with Crippen molar-refractivity contribution in [3.05, 3.63) is 12.0 Å². The van der Waals surface area contributed by atoms with E-state index in [0.29, 0.717) is 19.0 Å². The van der Waals surface area contributed by atoms with Crippen molar-refractivity contribution >= 4 is 12.1 Å². The summed E-state index contributed by atoms with van der Waals surface area (Å²) in [6.07, 6.45) is 3.06. The molecule has 1 fully saturated rings. The van der Waals surface area contributed by atoms with Gasteiger partial charge >= 0.3 is 6.09 Å². The third-order valence-electron chi connectivity index (χ3n) is 3.10. The number of nitrogens with two attached hydrogens (primary N) is 1. The SMILES string of the molecule is CC(C)(C)OC(=O)N1CCC(c2coc(N)n2)CC1. The van der Waals surface area contributed by atoms with Gasteiger partial charge in [0.15, 0.2) is 0 Å². The Morgan fingerprint density at radius 3 is 2.58 bits per heavy atom. The van der Waals surface area contributed by atoms with Gasteiger partial charge in [0.1, 0.15) is 11.9 Å². The Kier molecular flexibility index (Phi) is 3.68. The molecular weight excluding hydrogens is 246 g/mol. The zero-order valence-electron chi connectivity index (χ0n) is 11.7. The normalized spacial score (nSPS) is 17.5. The second-order valence-corrected chi connectivity index (χ2v) is 5.85. The van der Waals surface area contributed by atoms with Gasteiger partial charge in [-0.3, -0.25) is 0 Å². The molecule has 0 saturated carbocycles. The fourth-order valence-corrected chi connectivity index (χ4v) is 2.17. The molecule has 1 saturated heterocycles. The molecule has 0 spiro atoms. The number of nitrogens with zero attached hydrogens (tertiary/aromatic N) is 2. The van der Waals surface area contributed by atoms with Gasteiger partial charge in [0, 0.05) is 19.0 Å². The average molecular weight is 267 g/mol. The van der Waals surface area contributed by atoms with Crippen LogP contribution in [0.5, 0.6) is 0 Å². The van der Waals surface area contributed by atoms with Crippen LogP contribution < -0.4 is 5.73 Å². The van der Waals surface area contributed by atoms with Crippen LogP contribution in [0, 0.1) is 0 Å². The second kappa shape index (κ2) is 5.11. The third-order valence-corrected chi connectivity index (χ3v) is 3.10. The van der Waals surface area contributed by atoms with Gasteiger partial charge in [-0.1, -0.05) is 0 Å². The summed E-state index contributed by atoms with van der Waals surface area (Å²) in [5.74, 6) is 0.305. The molecule has 1 aliphatic heterocycles. The highest BCUT2D eigenvalue weighted by Gasteiger charge is 2.28. The predicted molar refractivity (Wildman–Crippen MR) is 70.7 cm³/mol. The molecule has 2 heterocycles. The van der Waals surface area contributed by atoms with Crippen LogP contribution in [0.3, 0.4) is 0 Å². The Hall–Kier alpha value is -1.72. The number of nitrogen functional groups attached to an aromatic ring is 1. The minimum atomic E-state index is -0.450. The highest BCUT2D eigenvalue weighted by atomic mass is 16.6. The van der Waals surface area contributed by atoms with Crippen LogP contribution in [0.15, 0.2) is 10.7 Å². The summed E-state index contributed by atoms with van der Waals surface area (Å²) in [4.78, 5) is 17.8. The fourth-order valence-electron chi connectivity index (χ4n) is 2.17. The summed E-state index contributed by atoms with van der Waals surface area (Å²) in [5.41, 5.74) is 5.89. The molecule has 2 N–H and O–H groups in total. The molecule has 1 aromatic rings. The molecule has 19 heavy (non-hydrogen) atoms. The maximum absolute atomic E-state index is 11.9. The minimum absolute atomic E-state index is 0.199. The van der Waals surface area contributed by atoms with Gasteiger partial charge in [0.25, 0.3) is 6.01 Å². The van der Waals surface area contributed by atoms with E-state index >= 15 is 0 Å². The lowest BCUT2D eigenvalue weighted by atomic mass is 9.94. The Morgan fingerprint density at radius 2 is 2.11 bits per heavy atom. The first-order valence-corrected chi connectivity index (χ1v) is 6.54. The third kappa shape index (κ3) is 3.62. The fraction of sp³-hybridized carbons (Fsp3) is 0.692. The number of anilines is 1. The maximum Gasteiger partial charge on any atom is 0.410 e. The van der Waals surface area contributed by atoms with E-state index < -0.39 is 5.60 Å². The number of carbonyl (C=O) groups excluding carboxylic acids is 1. The molecule has 1 aromatic heterocycles. The molecule has 0 aliphatic carbocycles. The molecule has 2 rings (SSSR count). The summed E-state index contributed by atoms with van der Waals surface area (Å²) < 4.78 is 10.4. The van der Waals surface area contributed by atoms with Crippen LogP contribution in [0.2, 0.25) is 0 Å². The van der Waals surface area contributed by atoms with E-state index in [4.69, 9.17) is 14.9 Å². The zero-order chi connectivity index (χ0) is 14.0. The van der Waals surface area contributed by atoms with Crippen LogP contribution in [0.25, 0.3) is 0 Å². The first-order valence-electron chi connectivity index (χ1n) is 6.54. The van der Waals surface area contributed by atoms with Gasteiger partial charge in [-0.05, 0) is 33.6 Å². The summed E-state index contributed by atoms with van der Waals surface area (Å²) in [5, 5.41) is 0. The number of hydrogen-bond donors (Lipinski definition) is 1. The zero-order valence-corrected chi connectivity index (χ0v) is 11.7. The summed E-state index contributed by atoms with van der Waals surface area (Å²) >= 11 is 0. The smallest absolute Gasteiger partial charge is 0.410 e. The number of ether oxygens (including phenoxy) is 1. The van der Waals surface area contributed by atoms with Crippen molar-refractivity contribution in [2.24, 2.45) is 0 Å². The standard InChI is InChI=1S/C13H21N3O3/c1-13(2,3)19-12(17)16-6-4-9(5-7-16)10-8-18-11(14)15-10/h8-9H,4-7H2,1-3H3,(H2,14,15). The maximum atomic E-state index is 11.9. The lowest BCUT2D eigenvalue weighted by molar-refractivity contribution is 0.0204. The monoisotopic (exact) mass is 267 g/mol. The Bertz CT molecular complexity index is 442. The molecule has 0 bridgehead atoms. The van der Waals surface area contributed by atoms with Crippen molar-refractivity contribution in [3.63, 3.8) is 0 Å². The largest absolute Gasteiger partial charge is 0.444 e. The molecule has 0 atom stereocenters. The lowest BCUT2D eigenvalue weighted by Crippen LogP contribution is -2.41. The predicted octanol–water partition coefficient (Wildman–Crippen LogP) is 2.37. The summed E-state index contributed by atoms with van der Waals surface area (Å²) in [6, 6.07) is 0.199. The number of oxazole rings is 1. The second-order valence-electron chi connectivity index (χ2n) is 5.85. The number of amides is 1. The van der Waals surface area contributed by atoms with E-state index in [-0.39, 0.29) is 12.1 Å². The molecule has 6 heteroatoms. The first kappa shape index (κ1) is 13.7. The summed E-state index contributed by atoms with van der Waals surface area (Å²) in [6.45, 7) is 6.96. The van der Waals surface area contributed by atoms with E-state index in [0.717, 1.165) is 18.5 Å². The number of likely N-dealkylation sites (tertiary alicyclic amines) is 1. The number of hydrogen-bond acceptors (Lipinski definition) is 5. The number of piperidine rings is 1. The quantitative estimate of drug-likeness (QED) is 0.844. The van der Waals surface area contributed by atoms with E-state index in [9.17, 15) is 4.79 Å². The van der Waals surface area contributed by atoms with Gasteiger partial charge in [0.2, 0.25) is 0 Å². The average Bonchev–Trinajstić information content (AvgIpc) is 2.74. The number of aromatic nitrogens is 1. The van der Waals surface area contributed by atoms with E-state index in [1.165, 1.54) is 0 Å². The molecule has 0 radical (unpaired) electrons. The topological polar surface area (TPSA) is 81.6 Å². The van der Waals surface area contributed by atoms with Crippen molar-refractivity contribution in [2.45, 2.75) is 45.1 Å². The van der Waals surface area contributed by atoms with Gasteiger partial charge < -0.3 is 19.8 Å². The van der Waals surface area contributed by atoms with Crippen molar-refractivity contribution in [2.75, 3.05) is 18.8 Å². The highest BCUT2D eigenvalue weighted by Crippen LogP contribution is 2.28. The van der Waals surface area contributed by atoms with Crippen molar-refractivity contribution < 1.29 is 13.9 Å². The molecular formula is C13H21N3O3. The first-order chi connectivity index (χ1) is 8.85. The van der Waals surface area contributed by atoms with Crippen LogP contribution in [-0.4, -0.2) is 34.7 Å². The Morgan fingerprint density at radius 1 is 1.47 bits per heavy atom. The van der Waals surface area contributed by atoms with Gasteiger partial charge in [0.05, 0.1) is 5.69 Å². The molecule has 1 amide bonds. The molecule has 0 aromatic carbocycles. The van der Waals surface area contributed by atoms with Gasteiger partial charge in [-0.2, -0.15) is 4.98 Å². The van der Waals surface area contributed by atoms with Gasteiger partial charge in [-0.15, -0.1) is 0 Å². The van der Waals surface area contributed by atoms with Crippen LogP contribution in [0.4, 0.5) is 10.8 Å². The molecule has 6 nitrogen and oxygen atoms in total. The highest BCUT2D eigenvalue weighted by molar-refractivity contribution is 5.68. The van der Waals surface area contributed by atoms with Gasteiger partial charge in [-0.25, -0.2) is 4.79 Å². The van der Waals surface area contributed by atoms with E-state index in [2.05, 4.69) is 4.98 Å². The van der Waals surface area contributed by atoms with E-state index in [1.807, 2.05) is 20.8 Å². The Labute approximate surface area is 112 Å². The lowest BCUT2D eigenvalue weighted by Gasteiger charge is -2.32. The number of rotatable bonds is 1. The minimum Gasteiger partial charge on any atom is -0.444 e. The van der Waals surface area contributed by atoms with Crippen molar-refractivity contribution in [1.82, 2.24) is 9.88 Å².